The Morgan fingerprint density at radius 2 is 2.16 bits per heavy atom. The number of para-hydroxylation sites is 1. The topological polar surface area (TPSA) is 89.2 Å². The number of nitrogens with one attached hydrogen (secondary N) is 1. The molecule has 4 rings (SSSR count). The molecule has 1 fully saturated rings. The molecule has 7 heteroatoms. The van der Waals surface area contributed by atoms with Crippen LogP contribution in [-0.2, 0) is 9.53 Å². The summed E-state index contributed by atoms with van der Waals surface area (Å²) in [4.78, 5) is 12.7. The second kappa shape index (κ2) is 9.94. The summed E-state index contributed by atoms with van der Waals surface area (Å²) in [7, 11) is 1.61. The second-order valence-corrected chi connectivity index (χ2v) is 7.46. The first-order chi connectivity index (χ1) is 15.7. The Balaban J connectivity index is 1.69. The number of carbonyl (C=O) groups is 1. The molecule has 1 aromatic heterocycles. The Morgan fingerprint density at radius 3 is 2.88 bits per heavy atom. The average Bonchev–Trinajstić information content (AvgIpc) is 3.52. The van der Waals surface area contributed by atoms with Crippen molar-refractivity contribution in [3.05, 3.63) is 71.9 Å². The van der Waals surface area contributed by atoms with Gasteiger partial charge in [-0.1, -0.05) is 30.3 Å². The highest BCUT2D eigenvalue weighted by molar-refractivity contribution is 6.02. The van der Waals surface area contributed by atoms with Crippen molar-refractivity contribution < 1.29 is 14.3 Å². The van der Waals surface area contributed by atoms with Gasteiger partial charge in [-0.15, -0.1) is 0 Å². The third kappa shape index (κ3) is 4.88. The summed E-state index contributed by atoms with van der Waals surface area (Å²) in [5, 5.41) is 17.2. The van der Waals surface area contributed by atoms with Crippen LogP contribution in [0, 0.1) is 11.3 Å². The van der Waals surface area contributed by atoms with Crippen LogP contribution in [0.5, 0.6) is 5.75 Å². The first-order valence-electron chi connectivity index (χ1n) is 10.5. The normalized spacial score (nSPS) is 15.9. The number of nitriles is 1. The average molecular weight is 428 g/mol. The third-order valence-corrected chi connectivity index (χ3v) is 5.29. The number of benzene rings is 2. The number of nitrogens with zero attached hydrogens (tertiary/aromatic N) is 3. The van der Waals surface area contributed by atoms with Crippen LogP contribution >= 0.6 is 0 Å². The molecule has 3 aromatic rings. The minimum atomic E-state index is -0.424. The van der Waals surface area contributed by atoms with E-state index in [0.29, 0.717) is 30.2 Å². The zero-order valence-electron chi connectivity index (χ0n) is 17.8. The zero-order chi connectivity index (χ0) is 22.3. The lowest BCUT2D eigenvalue weighted by Gasteiger charge is -2.10. The number of rotatable bonds is 7. The minimum absolute atomic E-state index is 0.00654. The number of aromatic nitrogens is 2. The van der Waals surface area contributed by atoms with E-state index in [1.54, 1.807) is 17.9 Å². The van der Waals surface area contributed by atoms with Crippen molar-refractivity contribution in [2.24, 2.45) is 0 Å². The molecule has 1 N–H and O–H groups in total. The molecule has 162 valence electrons. The summed E-state index contributed by atoms with van der Waals surface area (Å²) in [6.07, 6.45) is 5.30. The lowest BCUT2D eigenvalue weighted by Crippen LogP contribution is -2.32. The van der Waals surface area contributed by atoms with Gasteiger partial charge in [-0.25, -0.2) is 4.68 Å². The molecule has 32 heavy (non-hydrogen) atoms. The molecule has 0 spiro atoms. The van der Waals surface area contributed by atoms with Crippen LogP contribution < -0.4 is 10.1 Å². The van der Waals surface area contributed by atoms with E-state index in [-0.39, 0.29) is 11.7 Å². The predicted molar refractivity (Wildman–Crippen MR) is 121 cm³/mol. The van der Waals surface area contributed by atoms with Gasteiger partial charge in [0.15, 0.2) is 0 Å². The largest absolute Gasteiger partial charge is 0.497 e. The van der Waals surface area contributed by atoms with Crippen molar-refractivity contribution in [3.8, 4) is 28.8 Å². The third-order valence-electron chi connectivity index (χ3n) is 5.29. The van der Waals surface area contributed by atoms with Gasteiger partial charge in [0.05, 0.1) is 18.9 Å². The summed E-state index contributed by atoms with van der Waals surface area (Å²) in [5.74, 6) is 0.272. The molecule has 0 aliphatic carbocycles. The molecule has 1 amide bonds. The van der Waals surface area contributed by atoms with Gasteiger partial charge >= 0.3 is 0 Å². The van der Waals surface area contributed by atoms with Crippen LogP contribution in [0.15, 0.2) is 66.4 Å². The molecule has 0 bridgehead atoms. The monoisotopic (exact) mass is 428 g/mol. The fourth-order valence-electron chi connectivity index (χ4n) is 3.61. The zero-order valence-corrected chi connectivity index (χ0v) is 17.8. The minimum Gasteiger partial charge on any atom is -0.497 e. The predicted octanol–water partition coefficient (Wildman–Crippen LogP) is 3.75. The van der Waals surface area contributed by atoms with Crippen LogP contribution in [0.25, 0.3) is 23.0 Å². The number of ether oxygens (including phenoxy) is 2. The maximum Gasteiger partial charge on any atom is 0.262 e. The first kappa shape index (κ1) is 21.3. The van der Waals surface area contributed by atoms with Gasteiger partial charge < -0.3 is 14.8 Å². The molecule has 7 nitrogen and oxygen atoms in total. The lowest BCUT2D eigenvalue weighted by atomic mass is 10.1. The van der Waals surface area contributed by atoms with E-state index in [0.717, 1.165) is 24.1 Å². The first-order valence-corrected chi connectivity index (χ1v) is 10.5. The summed E-state index contributed by atoms with van der Waals surface area (Å²) in [5.41, 5.74) is 3.01. The van der Waals surface area contributed by atoms with Crippen LogP contribution in [-0.4, -0.2) is 42.1 Å². The number of carbonyl (C=O) groups excluding carboxylic acids is 1. The molecule has 1 atom stereocenters. The summed E-state index contributed by atoms with van der Waals surface area (Å²) < 4.78 is 12.6. The fraction of sp³-hybridized carbons (Fsp3) is 0.240. The SMILES string of the molecule is COc1cccc(-c2nn(-c3ccccc3)cc2/C=C(/C#N)C(=O)NCC2CCCO2)c1. The summed E-state index contributed by atoms with van der Waals surface area (Å²) in [6, 6.07) is 19.2. The van der Waals surface area contributed by atoms with Crippen molar-refractivity contribution in [1.29, 1.82) is 5.26 Å². The number of hydrogen-bond donors (Lipinski definition) is 1. The van der Waals surface area contributed by atoms with Gasteiger partial charge in [0, 0.05) is 30.5 Å². The van der Waals surface area contributed by atoms with Gasteiger partial charge in [-0.3, -0.25) is 4.79 Å². The molecule has 1 unspecified atom stereocenters. The standard InChI is InChI=1S/C25H24N4O3/c1-31-22-10-5-7-18(14-22)24-20(17-29(28-24)21-8-3-2-4-9-21)13-19(15-26)25(30)27-16-23-11-6-12-32-23/h2-5,7-10,13-14,17,23H,6,11-12,16H2,1H3,(H,27,30)/b19-13-. The van der Waals surface area contributed by atoms with E-state index in [4.69, 9.17) is 14.6 Å². The van der Waals surface area contributed by atoms with Crippen molar-refractivity contribution in [2.75, 3.05) is 20.3 Å². The Labute approximate surface area is 186 Å². The highest BCUT2D eigenvalue weighted by Crippen LogP contribution is 2.28. The molecule has 0 saturated carbocycles. The van der Waals surface area contributed by atoms with Gasteiger partial charge in [0.25, 0.3) is 5.91 Å². The molecule has 2 aromatic carbocycles. The smallest absolute Gasteiger partial charge is 0.262 e. The highest BCUT2D eigenvalue weighted by Gasteiger charge is 2.19. The number of amides is 1. The van der Waals surface area contributed by atoms with E-state index in [9.17, 15) is 10.1 Å². The molecule has 1 aliphatic rings. The van der Waals surface area contributed by atoms with Crippen molar-refractivity contribution in [2.45, 2.75) is 18.9 Å². The summed E-state index contributed by atoms with van der Waals surface area (Å²) >= 11 is 0. The maximum atomic E-state index is 12.7. The fourth-order valence-corrected chi connectivity index (χ4v) is 3.61. The van der Waals surface area contributed by atoms with Gasteiger partial charge in [0.1, 0.15) is 23.1 Å². The molecule has 1 aliphatic heterocycles. The molecular formula is C25H24N4O3. The summed E-state index contributed by atoms with van der Waals surface area (Å²) in [6.45, 7) is 1.11. The molecular weight excluding hydrogens is 404 g/mol. The molecule has 1 saturated heterocycles. The second-order valence-electron chi connectivity index (χ2n) is 7.46. The van der Waals surface area contributed by atoms with Crippen LogP contribution in [0.3, 0.4) is 0 Å². The Kier molecular flexibility index (Phi) is 6.63. The molecule has 2 heterocycles. The van der Waals surface area contributed by atoms with E-state index in [1.165, 1.54) is 0 Å². The Morgan fingerprint density at radius 1 is 1.31 bits per heavy atom. The van der Waals surface area contributed by atoms with E-state index in [1.807, 2.05) is 66.9 Å². The van der Waals surface area contributed by atoms with Gasteiger partial charge in [0.2, 0.25) is 0 Å². The van der Waals surface area contributed by atoms with Crippen LogP contribution in [0.4, 0.5) is 0 Å². The van der Waals surface area contributed by atoms with Gasteiger partial charge in [-0.2, -0.15) is 10.4 Å². The highest BCUT2D eigenvalue weighted by atomic mass is 16.5. The van der Waals surface area contributed by atoms with Crippen LogP contribution in [0.2, 0.25) is 0 Å². The van der Waals surface area contributed by atoms with Crippen molar-refractivity contribution >= 4 is 12.0 Å². The van der Waals surface area contributed by atoms with Crippen molar-refractivity contribution in [3.63, 3.8) is 0 Å². The number of methoxy groups -OCH3 is 1. The van der Waals surface area contributed by atoms with Crippen LogP contribution in [0.1, 0.15) is 18.4 Å². The van der Waals surface area contributed by atoms with Gasteiger partial charge in [-0.05, 0) is 43.2 Å². The van der Waals surface area contributed by atoms with Crippen molar-refractivity contribution in [1.82, 2.24) is 15.1 Å². The van der Waals surface area contributed by atoms with E-state index in [2.05, 4.69) is 5.32 Å². The lowest BCUT2D eigenvalue weighted by molar-refractivity contribution is -0.117. The molecule has 0 radical (unpaired) electrons. The quantitative estimate of drug-likeness (QED) is 0.457. The maximum absolute atomic E-state index is 12.7. The van der Waals surface area contributed by atoms with E-state index >= 15 is 0 Å². The Bertz CT molecular complexity index is 1160. The number of hydrogen-bond acceptors (Lipinski definition) is 5. The van der Waals surface area contributed by atoms with E-state index < -0.39 is 5.91 Å². The Hall–Kier alpha value is -3.89.